The van der Waals surface area contributed by atoms with Crippen LogP contribution in [-0.2, 0) is 0 Å². The molecule has 0 heterocycles. The Morgan fingerprint density at radius 3 is 2.76 bits per heavy atom. The lowest BCUT2D eigenvalue weighted by Gasteiger charge is -2.31. The lowest BCUT2D eigenvalue weighted by molar-refractivity contribution is 0.0909. The maximum absolute atomic E-state index is 13.3. The molecule has 0 aliphatic heterocycles. The van der Waals surface area contributed by atoms with Crippen LogP contribution in [0.2, 0.25) is 0 Å². The zero-order chi connectivity index (χ0) is 12.4. The molecule has 1 fully saturated rings. The van der Waals surface area contributed by atoms with Gasteiger partial charge in [-0.05, 0) is 59.8 Å². The van der Waals surface area contributed by atoms with Gasteiger partial charge in [0.15, 0.2) is 0 Å². The summed E-state index contributed by atoms with van der Waals surface area (Å²) in [6.07, 6.45) is 3.60. The number of hydrogen-bond acceptors (Lipinski definition) is 1. The summed E-state index contributed by atoms with van der Waals surface area (Å²) in [5.41, 5.74) is 0.372. The largest absolute Gasteiger partial charge is 0.349 e. The second kappa shape index (κ2) is 5.17. The Kier molecular flexibility index (Phi) is 3.82. The van der Waals surface area contributed by atoms with E-state index in [4.69, 9.17) is 0 Å². The lowest BCUT2D eigenvalue weighted by atomic mass is 9.80. The van der Waals surface area contributed by atoms with E-state index in [2.05, 4.69) is 21.2 Å². The molecule has 1 N–H and O–H groups in total. The zero-order valence-corrected chi connectivity index (χ0v) is 11.3. The van der Waals surface area contributed by atoms with Crippen LogP contribution < -0.4 is 5.32 Å². The average molecular weight is 300 g/mol. The molecule has 2 rings (SSSR count). The van der Waals surface area contributed by atoms with Gasteiger partial charge in [0.2, 0.25) is 0 Å². The van der Waals surface area contributed by atoms with Crippen molar-refractivity contribution in [2.24, 2.45) is 5.92 Å². The van der Waals surface area contributed by atoms with Crippen LogP contribution in [0.5, 0.6) is 0 Å². The summed E-state index contributed by atoms with van der Waals surface area (Å²) >= 11 is 3.07. The molecule has 1 aliphatic rings. The standard InChI is InChI=1S/C13H15BrFNO/c1-8(9-3-2-4-9)16-13(17)10-5-6-11(14)12(15)7-10/h5-9H,2-4H2,1H3,(H,16,17). The Balaban J connectivity index is 2.01. The molecule has 0 radical (unpaired) electrons. The van der Waals surface area contributed by atoms with Gasteiger partial charge in [-0.25, -0.2) is 4.39 Å². The third kappa shape index (κ3) is 2.86. The monoisotopic (exact) mass is 299 g/mol. The van der Waals surface area contributed by atoms with Crippen LogP contribution in [0.3, 0.4) is 0 Å². The second-order valence-corrected chi connectivity index (χ2v) is 5.44. The maximum atomic E-state index is 13.3. The highest BCUT2D eigenvalue weighted by Crippen LogP contribution is 2.29. The third-order valence-corrected chi connectivity index (χ3v) is 4.04. The minimum atomic E-state index is -0.408. The molecule has 1 aliphatic carbocycles. The van der Waals surface area contributed by atoms with Crippen LogP contribution >= 0.6 is 15.9 Å². The van der Waals surface area contributed by atoms with E-state index < -0.39 is 5.82 Å². The highest BCUT2D eigenvalue weighted by Gasteiger charge is 2.25. The minimum Gasteiger partial charge on any atom is -0.349 e. The smallest absolute Gasteiger partial charge is 0.251 e. The number of carbonyl (C=O) groups is 1. The molecular weight excluding hydrogens is 285 g/mol. The lowest BCUT2D eigenvalue weighted by Crippen LogP contribution is -2.40. The molecular formula is C13H15BrFNO. The van der Waals surface area contributed by atoms with E-state index >= 15 is 0 Å². The number of amides is 1. The van der Waals surface area contributed by atoms with Gasteiger partial charge in [0.1, 0.15) is 5.82 Å². The first-order valence-corrected chi connectivity index (χ1v) is 6.63. The van der Waals surface area contributed by atoms with Gasteiger partial charge in [-0.1, -0.05) is 6.42 Å². The summed E-state index contributed by atoms with van der Waals surface area (Å²) in [7, 11) is 0. The van der Waals surface area contributed by atoms with E-state index in [1.54, 1.807) is 12.1 Å². The van der Waals surface area contributed by atoms with Gasteiger partial charge in [0.25, 0.3) is 5.91 Å². The van der Waals surface area contributed by atoms with Crippen molar-refractivity contribution in [1.29, 1.82) is 0 Å². The van der Waals surface area contributed by atoms with E-state index in [0.717, 1.165) is 0 Å². The van der Waals surface area contributed by atoms with Gasteiger partial charge >= 0.3 is 0 Å². The molecule has 17 heavy (non-hydrogen) atoms. The average Bonchev–Trinajstić information content (AvgIpc) is 2.19. The van der Waals surface area contributed by atoms with Crippen LogP contribution in [0.15, 0.2) is 22.7 Å². The first-order chi connectivity index (χ1) is 8.08. The predicted octanol–water partition coefficient (Wildman–Crippen LogP) is 3.51. The molecule has 1 amide bonds. The Morgan fingerprint density at radius 1 is 1.53 bits per heavy atom. The van der Waals surface area contributed by atoms with Gasteiger partial charge in [0.05, 0.1) is 4.47 Å². The Morgan fingerprint density at radius 2 is 2.24 bits per heavy atom. The van der Waals surface area contributed by atoms with Crippen LogP contribution in [0.1, 0.15) is 36.5 Å². The van der Waals surface area contributed by atoms with E-state index in [0.29, 0.717) is 16.0 Å². The fourth-order valence-electron chi connectivity index (χ4n) is 1.99. The van der Waals surface area contributed by atoms with Crippen molar-refractivity contribution in [2.45, 2.75) is 32.2 Å². The fraction of sp³-hybridized carbons (Fsp3) is 0.462. The van der Waals surface area contributed by atoms with Crippen LogP contribution in [0, 0.1) is 11.7 Å². The van der Waals surface area contributed by atoms with Crippen molar-refractivity contribution in [3.63, 3.8) is 0 Å². The summed E-state index contributed by atoms with van der Waals surface area (Å²) in [6, 6.07) is 4.60. The summed E-state index contributed by atoms with van der Waals surface area (Å²) in [4.78, 5) is 11.9. The molecule has 1 aromatic rings. The number of carbonyl (C=O) groups excluding carboxylic acids is 1. The number of hydrogen-bond donors (Lipinski definition) is 1. The summed E-state index contributed by atoms with van der Waals surface area (Å²) in [6.45, 7) is 2.01. The topological polar surface area (TPSA) is 29.1 Å². The second-order valence-electron chi connectivity index (χ2n) is 4.58. The van der Waals surface area contributed by atoms with Crippen molar-refractivity contribution in [3.05, 3.63) is 34.1 Å². The Hall–Kier alpha value is -0.900. The predicted molar refractivity (Wildman–Crippen MR) is 68.4 cm³/mol. The summed E-state index contributed by atoms with van der Waals surface area (Å²) < 4.78 is 13.7. The van der Waals surface area contributed by atoms with E-state index in [-0.39, 0.29) is 11.9 Å². The van der Waals surface area contributed by atoms with Crippen molar-refractivity contribution < 1.29 is 9.18 Å². The molecule has 1 unspecified atom stereocenters. The van der Waals surface area contributed by atoms with Crippen LogP contribution in [-0.4, -0.2) is 11.9 Å². The number of halogens is 2. The molecule has 0 spiro atoms. The van der Waals surface area contributed by atoms with Gasteiger partial charge in [-0.2, -0.15) is 0 Å². The molecule has 1 saturated carbocycles. The maximum Gasteiger partial charge on any atom is 0.251 e. The van der Waals surface area contributed by atoms with Crippen molar-refractivity contribution in [2.75, 3.05) is 0 Å². The van der Waals surface area contributed by atoms with Crippen molar-refractivity contribution >= 4 is 21.8 Å². The Bertz CT molecular complexity index is 431. The molecule has 1 aromatic carbocycles. The third-order valence-electron chi connectivity index (χ3n) is 3.40. The summed E-state index contributed by atoms with van der Waals surface area (Å²) in [5, 5.41) is 2.92. The zero-order valence-electron chi connectivity index (χ0n) is 9.67. The molecule has 1 atom stereocenters. The quantitative estimate of drug-likeness (QED) is 0.909. The normalized spacial score (nSPS) is 17.4. The van der Waals surface area contributed by atoms with Crippen LogP contribution in [0.25, 0.3) is 0 Å². The van der Waals surface area contributed by atoms with E-state index in [1.807, 2.05) is 6.92 Å². The van der Waals surface area contributed by atoms with E-state index in [9.17, 15) is 9.18 Å². The SMILES string of the molecule is CC(NC(=O)c1ccc(Br)c(F)c1)C1CCC1. The number of nitrogens with one attached hydrogen (secondary N) is 1. The van der Waals surface area contributed by atoms with Gasteiger partial charge in [0, 0.05) is 11.6 Å². The molecule has 0 saturated heterocycles. The van der Waals surface area contributed by atoms with Gasteiger partial charge in [-0.15, -0.1) is 0 Å². The van der Waals surface area contributed by atoms with Crippen molar-refractivity contribution in [3.8, 4) is 0 Å². The molecule has 0 aromatic heterocycles. The van der Waals surface area contributed by atoms with Crippen LogP contribution in [0.4, 0.5) is 4.39 Å². The number of rotatable bonds is 3. The van der Waals surface area contributed by atoms with Gasteiger partial charge in [-0.3, -0.25) is 4.79 Å². The highest BCUT2D eigenvalue weighted by molar-refractivity contribution is 9.10. The number of benzene rings is 1. The molecule has 4 heteroatoms. The highest BCUT2D eigenvalue weighted by atomic mass is 79.9. The van der Waals surface area contributed by atoms with Crippen molar-refractivity contribution in [1.82, 2.24) is 5.32 Å². The molecule has 92 valence electrons. The summed E-state index contributed by atoms with van der Waals surface area (Å²) in [5.74, 6) is -0.0241. The fourth-order valence-corrected chi connectivity index (χ4v) is 2.23. The first kappa shape index (κ1) is 12.6. The Labute approximate surface area is 109 Å². The van der Waals surface area contributed by atoms with E-state index in [1.165, 1.54) is 25.3 Å². The minimum absolute atomic E-state index is 0.169. The van der Waals surface area contributed by atoms with Gasteiger partial charge < -0.3 is 5.32 Å². The molecule has 0 bridgehead atoms. The molecule has 2 nitrogen and oxygen atoms in total. The first-order valence-electron chi connectivity index (χ1n) is 5.84.